The zero-order valence-electron chi connectivity index (χ0n) is 11.5. The van der Waals surface area contributed by atoms with Gasteiger partial charge in [-0.3, -0.25) is 4.98 Å². The molecule has 0 amide bonds. The molecule has 1 saturated heterocycles. The lowest BCUT2D eigenvalue weighted by Crippen LogP contribution is -2.21. The van der Waals surface area contributed by atoms with Crippen molar-refractivity contribution in [2.24, 2.45) is 11.8 Å². The predicted molar refractivity (Wildman–Crippen MR) is 77.1 cm³/mol. The van der Waals surface area contributed by atoms with Gasteiger partial charge in [0, 0.05) is 37.6 Å². The van der Waals surface area contributed by atoms with Gasteiger partial charge in [-0.1, -0.05) is 6.42 Å². The lowest BCUT2D eigenvalue weighted by Gasteiger charge is -2.20. The average molecular weight is 257 g/mol. The van der Waals surface area contributed by atoms with Crippen LogP contribution in [-0.4, -0.2) is 24.1 Å². The third-order valence-corrected chi connectivity index (χ3v) is 5.04. The molecule has 2 heterocycles. The first-order valence-corrected chi connectivity index (χ1v) is 7.82. The SMILES string of the molecule is c1cc(N2CC3CCCC3C2)cc(CNC2CC2)n1. The molecule has 3 aliphatic rings. The van der Waals surface area contributed by atoms with Crippen LogP contribution in [0.1, 0.15) is 37.8 Å². The van der Waals surface area contributed by atoms with Gasteiger partial charge in [0.15, 0.2) is 0 Å². The van der Waals surface area contributed by atoms with Crippen LogP contribution in [0.15, 0.2) is 18.3 Å². The standard InChI is InChI=1S/C16H23N3/c1-2-12-10-19(11-13(12)3-1)16-6-7-17-15(8-16)9-18-14-4-5-14/h6-8,12-14,18H,1-5,9-11H2. The van der Waals surface area contributed by atoms with Crippen LogP contribution in [0, 0.1) is 11.8 Å². The van der Waals surface area contributed by atoms with Gasteiger partial charge >= 0.3 is 0 Å². The fourth-order valence-electron chi connectivity index (χ4n) is 3.74. The molecule has 3 nitrogen and oxygen atoms in total. The van der Waals surface area contributed by atoms with Crippen molar-refractivity contribution in [3.05, 3.63) is 24.0 Å². The molecule has 0 spiro atoms. The minimum Gasteiger partial charge on any atom is -0.371 e. The van der Waals surface area contributed by atoms with Crippen LogP contribution >= 0.6 is 0 Å². The summed E-state index contributed by atoms with van der Waals surface area (Å²) in [6, 6.07) is 5.23. The van der Waals surface area contributed by atoms with E-state index in [0.717, 1.165) is 24.4 Å². The first-order chi connectivity index (χ1) is 9.38. The molecule has 1 N–H and O–H groups in total. The van der Waals surface area contributed by atoms with Crippen LogP contribution < -0.4 is 10.2 Å². The highest BCUT2D eigenvalue weighted by Gasteiger charge is 2.36. The summed E-state index contributed by atoms with van der Waals surface area (Å²) in [6.07, 6.45) is 9.01. The first kappa shape index (κ1) is 11.7. The Kier molecular flexibility index (Phi) is 2.95. The van der Waals surface area contributed by atoms with Gasteiger partial charge in [-0.25, -0.2) is 0 Å². The van der Waals surface area contributed by atoms with Crippen LogP contribution in [0.25, 0.3) is 0 Å². The van der Waals surface area contributed by atoms with Gasteiger partial charge in [-0.15, -0.1) is 0 Å². The number of pyridine rings is 1. The van der Waals surface area contributed by atoms with Crippen molar-refractivity contribution in [3.8, 4) is 0 Å². The number of rotatable bonds is 4. The molecule has 0 bridgehead atoms. The quantitative estimate of drug-likeness (QED) is 0.898. The topological polar surface area (TPSA) is 28.2 Å². The van der Waals surface area contributed by atoms with Crippen molar-refractivity contribution in [1.82, 2.24) is 10.3 Å². The van der Waals surface area contributed by atoms with Crippen molar-refractivity contribution in [1.29, 1.82) is 0 Å². The van der Waals surface area contributed by atoms with E-state index in [9.17, 15) is 0 Å². The number of nitrogens with one attached hydrogen (secondary N) is 1. The first-order valence-electron chi connectivity index (χ1n) is 7.82. The second kappa shape index (κ2) is 4.78. The smallest absolute Gasteiger partial charge is 0.0562 e. The Hall–Kier alpha value is -1.09. The molecule has 19 heavy (non-hydrogen) atoms. The van der Waals surface area contributed by atoms with Crippen molar-refractivity contribution < 1.29 is 0 Å². The molecule has 2 atom stereocenters. The Morgan fingerprint density at radius 2 is 1.95 bits per heavy atom. The van der Waals surface area contributed by atoms with Crippen molar-refractivity contribution in [2.45, 2.75) is 44.7 Å². The van der Waals surface area contributed by atoms with Gasteiger partial charge in [-0.2, -0.15) is 0 Å². The highest BCUT2D eigenvalue weighted by atomic mass is 15.2. The average Bonchev–Trinajstić information content (AvgIpc) is 3.01. The number of aromatic nitrogens is 1. The molecule has 4 rings (SSSR count). The molecule has 1 aliphatic heterocycles. The lowest BCUT2D eigenvalue weighted by molar-refractivity contribution is 0.494. The van der Waals surface area contributed by atoms with Gasteiger partial charge < -0.3 is 10.2 Å². The van der Waals surface area contributed by atoms with Crippen LogP contribution in [0.3, 0.4) is 0 Å². The molecule has 3 heteroatoms. The fourth-order valence-corrected chi connectivity index (χ4v) is 3.74. The zero-order chi connectivity index (χ0) is 12.7. The van der Waals surface area contributed by atoms with Crippen LogP contribution in [-0.2, 0) is 6.54 Å². The van der Waals surface area contributed by atoms with E-state index in [0.29, 0.717) is 0 Å². The molecule has 0 radical (unpaired) electrons. The molecule has 1 aromatic rings. The maximum Gasteiger partial charge on any atom is 0.0562 e. The number of anilines is 1. The van der Waals surface area contributed by atoms with E-state index in [1.165, 1.54) is 56.6 Å². The van der Waals surface area contributed by atoms with Crippen molar-refractivity contribution in [3.63, 3.8) is 0 Å². The molecule has 2 unspecified atom stereocenters. The molecule has 3 fully saturated rings. The molecule has 0 aromatic carbocycles. The summed E-state index contributed by atoms with van der Waals surface area (Å²) in [5.41, 5.74) is 2.58. The van der Waals surface area contributed by atoms with Crippen molar-refractivity contribution in [2.75, 3.05) is 18.0 Å². The highest BCUT2D eigenvalue weighted by Crippen LogP contribution is 2.39. The van der Waals surface area contributed by atoms with Gasteiger partial charge in [0.2, 0.25) is 0 Å². The summed E-state index contributed by atoms with van der Waals surface area (Å²) in [5.74, 6) is 1.92. The van der Waals surface area contributed by atoms with Crippen LogP contribution in [0.4, 0.5) is 5.69 Å². The van der Waals surface area contributed by atoms with Crippen molar-refractivity contribution >= 4 is 5.69 Å². The zero-order valence-corrected chi connectivity index (χ0v) is 11.5. The van der Waals surface area contributed by atoms with E-state index in [2.05, 4.69) is 27.3 Å². The Balaban J connectivity index is 1.43. The number of hydrogen-bond donors (Lipinski definition) is 1. The molecule has 2 aliphatic carbocycles. The Morgan fingerprint density at radius 1 is 1.16 bits per heavy atom. The normalized spacial score (nSPS) is 29.8. The molecule has 102 valence electrons. The number of fused-ring (bicyclic) bond motifs is 1. The summed E-state index contributed by atoms with van der Waals surface area (Å²) in [5, 5.41) is 3.55. The van der Waals surface area contributed by atoms with E-state index < -0.39 is 0 Å². The van der Waals surface area contributed by atoms with Gasteiger partial charge in [0.25, 0.3) is 0 Å². The van der Waals surface area contributed by atoms with E-state index in [4.69, 9.17) is 0 Å². The molecule has 1 aromatic heterocycles. The predicted octanol–water partition coefficient (Wildman–Crippen LogP) is 2.57. The van der Waals surface area contributed by atoms with E-state index >= 15 is 0 Å². The second-order valence-corrected chi connectivity index (χ2v) is 6.52. The largest absolute Gasteiger partial charge is 0.371 e. The Bertz CT molecular complexity index is 443. The minimum absolute atomic E-state index is 0.761. The maximum absolute atomic E-state index is 4.49. The summed E-state index contributed by atoms with van der Waals surface area (Å²) in [4.78, 5) is 7.07. The maximum atomic E-state index is 4.49. The number of hydrogen-bond acceptors (Lipinski definition) is 3. The lowest BCUT2D eigenvalue weighted by atomic mass is 10.0. The summed E-state index contributed by atoms with van der Waals surface area (Å²) in [7, 11) is 0. The van der Waals surface area contributed by atoms with Gasteiger partial charge in [0.1, 0.15) is 0 Å². The Morgan fingerprint density at radius 3 is 2.68 bits per heavy atom. The molecular weight excluding hydrogens is 234 g/mol. The highest BCUT2D eigenvalue weighted by molar-refractivity contribution is 5.48. The van der Waals surface area contributed by atoms with Gasteiger partial charge in [0.05, 0.1) is 5.69 Å². The monoisotopic (exact) mass is 257 g/mol. The summed E-state index contributed by atoms with van der Waals surface area (Å²) < 4.78 is 0. The molecular formula is C16H23N3. The fraction of sp³-hybridized carbons (Fsp3) is 0.688. The third-order valence-electron chi connectivity index (χ3n) is 5.04. The third kappa shape index (κ3) is 2.48. The summed E-state index contributed by atoms with van der Waals surface area (Å²) in [6.45, 7) is 3.47. The number of nitrogens with zero attached hydrogens (tertiary/aromatic N) is 2. The van der Waals surface area contributed by atoms with Crippen LogP contribution in [0.2, 0.25) is 0 Å². The summed E-state index contributed by atoms with van der Waals surface area (Å²) >= 11 is 0. The van der Waals surface area contributed by atoms with E-state index in [1.807, 2.05) is 6.20 Å². The second-order valence-electron chi connectivity index (χ2n) is 6.52. The Labute approximate surface area is 115 Å². The van der Waals surface area contributed by atoms with Crippen LogP contribution in [0.5, 0.6) is 0 Å². The minimum atomic E-state index is 0.761. The van der Waals surface area contributed by atoms with Gasteiger partial charge in [-0.05, 0) is 49.7 Å². The van der Waals surface area contributed by atoms with E-state index in [-0.39, 0.29) is 0 Å². The molecule has 2 saturated carbocycles. The van der Waals surface area contributed by atoms with E-state index in [1.54, 1.807) is 0 Å².